The van der Waals surface area contributed by atoms with Crippen LogP contribution >= 0.6 is 23.2 Å². The van der Waals surface area contributed by atoms with Crippen molar-refractivity contribution in [3.63, 3.8) is 0 Å². The average Bonchev–Trinajstić information content (AvgIpc) is 2.50. The summed E-state index contributed by atoms with van der Waals surface area (Å²) in [6.07, 6.45) is 0. The van der Waals surface area contributed by atoms with Crippen LogP contribution in [0.15, 0.2) is 42.5 Å². The summed E-state index contributed by atoms with van der Waals surface area (Å²) >= 11 is 12.4. The molecule has 0 fully saturated rings. The van der Waals surface area contributed by atoms with E-state index in [2.05, 4.69) is 5.32 Å². The third-order valence-electron chi connectivity index (χ3n) is 3.52. The van der Waals surface area contributed by atoms with Gasteiger partial charge >= 0.3 is 5.97 Å². The average molecular weight is 338 g/mol. The van der Waals surface area contributed by atoms with E-state index in [1.165, 1.54) is 7.11 Å². The Kier molecular flexibility index (Phi) is 4.99. The number of nitrogens with one attached hydrogen (secondary N) is 1. The van der Waals surface area contributed by atoms with E-state index in [1.54, 1.807) is 18.2 Å². The minimum atomic E-state index is -0.800. The Morgan fingerprint density at radius 2 is 1.64 bits per heavy atom. The minimum Gasteiger partial charge on any atom is -0.468 e. The number of hydrogen-bond donors (Lipinski definition) is 1. The number of para-hydroxylation sites is 2. The number of halogens is 2. The summed E-state index contributed by atoms with van der Waals surface area (Å²) in [4.78, 5) is 12.1. The first-order chi connectivity index (χ1) is 10.4. The van der Waals surface area contributed by atoms with Gasteiger partial charge < -0.3 is 10.1 Å². The third kappa shape index (κ3) is 3.21. The maximum Gasteiger partial charge on any atom is 0.315 e. The summed E-state index contributed by atoms with van der Waals surface area (Å²) in [5.41, 5.74) is 1.37. The molecule has 116 valence electrons. The van der Waals surface area contributed by atoms with Crippen molar-refractivity contribution in [2.75, 3.05) is 12.4 Å². The van der Waals surface area contributed by atoms with Crippen LogP contribution in [0.3, 0.4) is 0 Å². The first-order valence-corrected chi connectivity index (χ1v) is 7.52. The summed E-state index contributed by atoms with van der Waals surface area (Å²) in [7, 11) is 1.38. The molecule has 0 atom stereocenters. The van der Waals surface area contributed by atoms with E-state index in [-0.39, 0.29) is 5.97 Å². The standard InChI is InChI=1S/C17H17Cl2NO2/c1-17(2,16(21)22-3)11-7-4-5-10-14(11)20-15-12(18)8-6-9-13(15)19/h4-10,20H,1-3H3. The second-order valence-electron chi connectivity index (χ2n) is 5.38. The summed E-state index contributed by atoms with van der Waals surface area (Å²) in [5, 5.41) is 4.25. The van der Waals surface area contributed by atoms with Crippen LogP contribution in [0.4, 0.5) is 11.4 Å². The number of carbonyl (C=O) groups excluding carboxylic acids is 1. The summed E-state index contributed by atoms with van der Waals surface area (Å²) in [5.74, 6) is -0.313. The Morgan fingerprint density at radius 1 is 1.05 bits per heavy atom. The van der Waals surface area contributed by atoms with E-state index in [0.717, 1.165) is 11.3 Å². The van der Waals surface area contributed by atoms with Crippen LogP contribution in [0.1, 0.15) is 19.4 Å². The van der Waals surface area contributed by atoms with Gasteiger partial charge in [-0.2, -0.15) is 0 Å². The number of ether oxygens (including phenoxy) is 1. The van der Waals surface area contributed by atoms with Gasteiger partial charge in [-0.3, -0.25) is 4.79 Å². The SMILES string of the molecule is COC(=O)C(C)(C)c1ccccc1Nc1c(Cl)cccc1Cl. The predicted molar refractivity (Wildman–Crippen MR) is 91.2 cm³/mol. The summed E-state index contributed by atoms with van der Waals surface area (Å²) in [6.45, 7) is 3.63. The molecule has 2 rings (SSSR count). The van der Waals surface area contributed by atoms with Crippen LogP contribution in [0.2, 0.25) is 10.0 Å². The van der Waals surface area contributed by atoms with Crippen molar-refractivity contribution in [3.05, 3.63) is 58.1 Å². The summed E-state index contributed by atoms with van der Waals surface area (Å²) in [6, 6.07) is 12.8. The highest BCUT2D eigenvalue weighted by atomic mass is 35.5. The summed E-state index contributed by atoms with van der Waals surface area (Å²) < 4.78 is 4.90. The van der Waals surface area contributed by atoms with Crippen LogP contribution in [0, 0.1) is 0 Å². The van der Waals surface area contributed by atoms with E-state index in [4.69, 9.17) is 27.9 Å². The quantitative estimate of drug-likeness (QED) is 0.780. The van der Waals surface area contributed by atoms with Crippen LogP contribution in [0.5, 0.6) is 0 Å². The molecule has 0 saturated carbocycles. The van der Waals surface area contributed by atoms with Gasteiger partial charge in [-0.05, 0) is 37.6 Å². The second-order valence-corrected chi connectivity index (χ2v) is 6.20. The van der Waals surface area contributed by atoms with Gasteiger partial charge in [0, 0.05) is 5.69 Å². The highest BCUT2D eigenvalue weighted by Crippen LogP contribution is 2.37. The molecule has 0 aromatic heterocycles. The van der Waals surface area contributed by atoms with E-state index in [1.807, 2.05) is 38.1 Å². The Balaban J connectivity index is 2.48. The normalized spacial score (nSPS) is 11.1. The van der Waals surface area contributed by atoms with Gasteiger partial charge in [-0.1, -0.05) is 47.5 Å². The van der Waals surface area contributed by atoms with Gasteiger partial charge in [0.1, 0.15) is 0 Å². The van der Waals surface area contributed by atoms with E-state index in [9.17, 15) is 4.79 Å². The molecule has 0 spiro atoms. The Hall–Kier alpha value is -1.71. The maximum absolute atomic E-state index is 12.1. The van der Waals surface area contributed by atoms with Crippen molar-refractivity contribution in [1.82, 2.24) is 0 Å². The second kappa shape index (κ2) is 6.59. The highest BCUT2D eigenvalue weighted by molar-refractivity contribution is 6.39. The zero-order valence-corrected chi connectivity index (χ0v) is 14.1. The first-order valence-electron chi connectivity index (χ1n) is 6.77. The minimum absolute atomic E-state index is 0.313. The van der Waals surface area contributed by atoms with Crippen LogP contribution in [-0.4, -0.2) is 13.1 Å². The molecule has 0 heterocycles. The Labute approximate surface area is 140 Å². The molecule has 2 aromatic carbocycles. The van der Waals surface area contributed by atoms with Crippen molar-refractivity contribution in [2.45, 2.75) is 19.3 Å². The van der Waals surface area contributed by atoms with Gasteiger partial charge in [0.15, 0.2) is 0 Å². The lowest BCUT2D eigenvalue weighted by Crippen LogP contribution is -2.31. The van der Waals surface area contributed by atoms with Crippen molar-refractivity contribution in [3.8, 4) is 0 Å². The topological polar surface area (TPSA) is 38.3 Å². The smallest absolute Gasteiger partial charge is 0.315 e. The molecule has 1 N–H and O–H groups in total. The van der Waals surface area contributed by atoms with E-state index in [0.29, 0.717) is 15.7 Å². The van der Waals surface area contributed by atoms with Crippen LogP contribution < -0.4 is 5.32 Å². The number of benzene rings is 2. The molecule has 0 unspecified atom stereocenters. The monoisotopic (exact) mass is 337 g/mol. The molecule has 0 aliphatic heterocycles. The predicted octanol–water partition coefficient (Wildman–Crippen LogP) is 5.19. The van der Waals surface area contributed by atoms with Gasteiger partial charge in [0.25, 0.3) is 0 Å². The lowest BCUT2D eigenvalue weighted by Gasteiger charge is -2.25. The third-order valence-corrected chi connectivity index (χ3v) is 4.15. The van der Waals surface area contributed by atoms with E-state index >= 15 is 0 Å². The van der Waals surface area contributed by atoms with Gasteiger partial charge in [-0.15, -0.1) is 0 Å². The molecule has 0 amide bonds. The number of hydrogen-bond acceptors (Lipinski definition) is 3. The molecule has 5 heteroatoms. The zero-order valence-electron chi connectivity index (χ0n) is 12.6. The van der Waals surface area contributed by atoms with Gasteiger partial charge in [-0.25, -0.2) is 0 Å². The Morgan fingerprint density at radius 3 is 2.23 bits per heavy atom. The van der Waals surface area contributed by atoms with Crippen LogP contribution in [-0.2, 0) is 14.9 Å². The molecule has 22 heavy (non-hydrogen) atoms. The molecular formula is C17H17Cl2NO2. The van der Waals surface area contributed by atoms with Gasteiger partial charge in [0.2, 0.25) is 0 Å². The van der Waals surface area contributed by atoms with Crippen molar-refractivity contribution < 1.29 is 9.53 Å². The molecule has 0 aliphatic carbocycles. The number of anilines is 2. The zero-order chi connectivity index (χ0) is 16.3. The fraction of sp³-hybridized carbons (Fsp3) is 0.235. The molecular weight excluding hydrogens is 321 g/mol. The number of esters is 1. The van der Waals surface area contributed by atoms with Crippen LogP contribution in [0.25, 0.3) is 0 Å². The van der Waals surface area contributed by atoms with Gasteiger partial charge in [0.05, 0.1) is 28.3 Å². The molecule has 2 aromatic rings. The molecule has 0 saturated heterocycles. The lowest BCUT2D eigenvalue weighted by atomic mass is 9.83. The number of carbonyl (C=O) groups is 1. The lowest BCUT2D eigenvalue weighted by molar-refractivity contribution is -0.146. The van der Waals surface area contributed by atoms with Crippen molar-refractivity contribution in [2.24, 2.45) is 0 Å². The first kappa shape index (κ1) is 16.7. The maximum atomic E-state index is 12.1. The fourth-order valence-electron chi connectivity index (χ4n) is 2.25. The molecule has 0 radical (unpaired) electrons. The Bertz CT molecular complexity index is 679. The molecule has 0 bridgehead atoms. The number of rotatable bonds is 4. The fourth-order valence-corrected chi connectivity index (χ4v) is 2.75. The molecule has 3 nitrogen and oxygen atoms in total. The molecule has 0 aliphatic rings. The van der Waals surface area contributed by atoms with Crippen molar-refractivity contribution >= 4 is 40.5 Å². The van der Waals surface area contributed by atoms with Crippen molar-refractivity contribution in [1.29, 1.82) is 0 Å². The largest absolute Gasteiger partial charge is 0.468 e. The number of methoxy groups -OCH3 is 1. The highest BCUT2D eigenvalue weighted by Gasteiger charge is 2.33. The van der Waals surface area contributed by atoms with E-state index < -0.39 is 5.41 Å².